The summed E-state index contributed by atoms with van der Waals surface area (Å²) >= 11 is 0. The predicted octanol–water partition coefficient (Wildman–Crippen LogP) is 6.55. The minimum absolute atomic E-state index is 0.00822. The van der Waals surface area contributed by atoms with Crippen molar-refractivity contribution in [3.63, 3.8) is 0 Å². The van der Waals surface area contributed by atoms with Gasteiger partial charge in [0.05, 0.1) is 0 Å². The second-order valence-electron chi connectivity index (χ2n) is 16.2. The first kappa shape index (κ1) is 34.4. The zero-order chi connectivity index (χ0) is 31.5. The van der Waals surface area contributed by atoms with E-state index in [1.165, 1.54) is 11.1 Å². The van der Waals surface area contributed by atoms with Crippen LogP contribution in [0.5, 0.6) is 11.5 Å². The third kappa shape index (κ3) is 9.44. The molecule has 1 heterocycles. The van der Waals surface area contributed by atoms with Crippen LogP contribution in [0.3, 0.4) is 0 Å². The van der Waals surface area contributed by atoms with Gasteiger partial charge in [0.25, 0.3) is 0 Å². The molecule has 0 atom stereocenters. The van der Waals surface area contributed by atoms with Crippen LogP contribution in [-0.4, -0.2) is 47.8 Å². The van der Waals surface area contributed by atoms with Crippen molar-refractivity contribution in [2.24, 2.45) is 10.8 Å². The lowest BCUT2D eigenvalue weighted by atomic mass is 9.84. The van der Waals surface area contributed by atoms with E-state index in [1.807, 2.05) is 0 Å². The average Bonchev–Trinajstić information content (AvgIpc) is 2.85. The maximum Gasteiger partial charge on any atom is 0.124 e. The summed E-state index contributed by atoms with van der Waals surface area (Å²) < 4.78 is 0. The Balaban J connectivity index is 1.97. The quantitative estimate of drug-likeness (QED) is 0.263. The van der Waals surface area contributed by atoms with E-state index in [0.717, 1.165) is 55.0 Å². The summed E-state index contributed by atoms with van der Waals surface area (Å²) in [6.45, 7) is 31.4. The van der Waals surface area contributed by atoms with Crippen LogP contribution in [0.15, 0.2) is 24.3 Å². The first-order valence-corrected chi connectivity index (χ1v) is 15.9. The molecule has 4 bridgehead atoms. The molecule has 2 aromatic carbocycles. The summed E-state index contributed by atoms with van der Waals surface area (Å²) in [5.74, 6) is 0.809. The van der Waals surface area contributed by atoms with Gasteiger partial charge in [-0.1, -0.05) is 100 Å². The standard InChI is InChI=1S/C36H60N4O2/c1-12-40-20-28-16-30(34(5,6)7)15-27(32(28)42)19-38-22-35(8,9)21-37-17-25-13-29(33(2,3)4)14-26(31(25)41)18-39-23-36(10,11)24-40/h13-16,37-39,41-42H,12,17-24H2,1-11H3. The van der Waals surface area contributed by atoms with Gasteiger partial charge in [-0.25, -0.2) is 0 Å². The predicted molar refractivity (Wildman–Crippen MR) is 177 cm³/mol. The van der Waals surface area contributed by atoms with E-state index in [1.54, 1.807) is 0 Å². The molecule has 5 N–H and O–H groups in total. The average molecular weight is 581 g/mol. The van der Waals surface area contributed by atoms with Gasteiger partial charge in [0.2, 0.25) is 0 Å². The van der Waals surface area contributed by atoms with Crippen molar-refractivity contribution in [1.29, 1.82) is 0 Å². The fourth-order valence-electron chi connectivity index (χ4n) is 5.76. The molecule has 3 rings (SSSR count). The van der Waals surface area contributed by atoms with Crippen LogP contribution in [0.2, 0.25) is 0 Å². The summed E-state index contributed by atoms with van der Waals surface area (Å²) in [7, 11) is 0. The van der Waals surface area contributed by atoms with Gasteiger partial charge in [0.1, 0.15) is 11.5 Å². The molecule has 0 radical (unpaired) electrons. The van der Waals surface area contributed by atoms with Gasteiger partial charge < -0.3 is 26.2 Å². The Bertz CT molecular complexity index is 1200. The zero-order valence-corrected chi connectivity index (χ0v) is 28.5. The molecule has 1 aliphatic heterocycles. The van der Waals surface area contributed by atoms with E-state index in [2.05, 4.69) is 121 Å². The minimum atomic E-state index is -0.0207. The molecule has 0 saturated heterocycles. The van der Waals surface area contributed by atoms with E-state index >= 15 is 0 Å². The smallest absolute Gasteiger partial charge is 0.124 e. The van der Waals surface area contributed by atoms with Crippen molar-refractivity contribution in [3.8, 4) is 11.5 Å². The van der Waals surface area contributed by atoms with Crippen molar-refractivity contribution >= 4 is 0 Å². The fourth-order valence-corrected chi connectivity index (χ4v) is 5.76. The summed E-state index contributed by atoms with van der Waals surface area (Å²) in [5, 5.41) is 33.7. The number of fused-ring (bicyclic) bond motifs is 4. The van der Waals surface area contributed by atoms with Gasteiger partial charge in [-0.3, -0.25) is 4.90 Å². The molecule has 1 aliphatic rings. The topological polar surface area (TPSA) is 79.8 Å². The normalized spacial score (nSPS) is 19.8. The molecule has 236 valence electrons. The second-order valence-corrected chi connectivity index (χ2v) is 16.2. The molecule has 6 heteroatoms. The van der Waals surface area contributed by atoms with Crippen molar-refractivity contribution in [3.05, 3.63) is 57.6 Å². The molecule has 0 unspecified atom stereocenters. The molecule has 0 fully saturated rings. The number of nitrogens with one attached hydrogen (secondary N) is 3. The monoisotopic (exact) mass is 580 g/mol. The highest BCUT2D eigenvalue weighted by Gasteiger charge is 2.26. The molecule has 0 aliphatic carbocycles. The highest BCUT2D eigenvalue weighted by molar-refractivity contribution is 5.47. The Morgan fingerprint density at radius 3 is 1.38 bits per heavy atom. The Morgan fingerprint density at radius 2 is 1.00 bits per heavy atom. The number of nitrogens with zero attached hydrogens (tertiary/aromatic N) is 1. The SMILES string of the molecule is CCN1Cc2cc(C(C)(C)C)cc(c2O)CNCC(C)(C)CNCc2cc(C(C)(C)C)cc(c2O)CNCC(C)(C)C1. The van der Waals surface area contributed by atoms with Crippen LogP contribution in [-0.2, 0) is 37.0 Å². The third-order valence-corrected chi connectivity index (χ3v) is 8.52. The van der Waals surface area contributed by atoms with Crippen molar-refractivity contribution in [1.82, 2.24) is 20.9 Å². The first-order valence-electron chi connectivity index (χ1n) is 15.9. The molecule has 6 nitrogen and oxygen atoms in total. The number of phenolic OH excluding ortho intramolecular Hbond substituents is 2. The summed E-state index contributed by atoms with van der Waals surface area (Å²) in [4.78, 5) is 2.43. The van der Waals surface area contributed by atoms with Gasteiger partial charge >= 0.3 is 0 Å². The fraction of sp³-hybridized carbons (Fsp3) is 0.667. The van der Waals surface area contributed by atoms with Crippen LogP contribution in [0.1, 0.15) is 110 Å². The maximum absolute atomic E-state index is 11.4. The molecule has 0 saturated carbocycles. The van der Waals surface area contributed by atoms with Crippen LogP contribution in [0.25, 0.3) is 0 Å². The maximum atomic E-state index is 11.4. The van der Waals surface area contributed by atoms with E-state index < -0.39 is 0 Å². The van der Waals surface area contributed by atoms with Gasteiger partial charge in [-0.2, -0.15) is 0 Å². The molecular weight excluding hydrogens is 520 g/mol. The van der Waals surface area contributed by atoms with Gasteiger partial charge in [-0.15, -0.1) is 0 Å². The number of hydrogen-bond acceptors (Lipinski definition) is 6. The molecule has 0 spiro atoms. The highest BCUT2D eigenvalue weighted by Crippen LogP contribution is 2.34. The summed E-state index contributed by atoms with van der Waals surface area (Å²) in [5.41, 5.74) is 6.30. The van der Waals surface area contributed by atoms with Crippen molar-refractivity contribution in [2.75, 3.05) is 32.7 Å². The van der Waals surface area contributed by atoms with Crippen LogP contribution < -0.4 is 16.0 Å². The summed E-state index contributed by atoms with van der Waals surface area (Å²) in [6, 6.07) is 8.71. The Kier molecular flexibility index (Phi) is 10.8. The lowest BCUT2D eigenvalue weighted by Gasteiger charge is -2.33. The van der Waals surface area contributed by atoms with Gasteiger partial charge in [0, 0.05) is 74.6 Å². The van der Waals surface area contributed by atoms with Gasteiger partial charge in [0.15, 0.2) is 0 Å². The number of phenols is 2. The lowest BCUT2D eigenvalue weighted by molar-refractivity contribution is 0.172. The van der Waals surface area contributed by atoms with E-state index in [0.29, 0.717) is 37.7 Å². The third-order valence-electron chi connectivity index (χ3n) is 8.52. The minimum Gasteiger partial charge on any atom is -0.507 e. The Labute approximate surface area is 256 Å². The summed E-state index contributed by atoms with van der Waals surface area (Å²) in [6.07, 6.45) is 0. The van der Waals surface area contributed by atoms with Crippen LogP contribution >= 0.6 is 0 Å². The molecular formula is C36H60N4O2. The first-order chi connectivity index (χ1) is 19.3. The van der Waals surface area contributed by atoms with E-state index in [9.17, 15) is 10.2 Å². The van der Waals surface area contributed by atoms with E-state index in [-0.39, 0.29) is 21.7 Å². The highest BCUT2D eigenvalue weighted by atomic mass is 16.3. The van der Waals surface area contributed by atoms with Crippen molar-refractivity contribution < 1.29 is 10.2 Å². The molecule has 0 amide bonds. The van der Waals surface area contributed by atoms with E-state index in [4.69, 9.17) is 0 Å². The van der Waals surface area contributed by atoms with Crippen LogP contribution in [0.4, 0.5) is 0 Å². The lowest BCUT2D eigenvalue weighted by Crippen LogP contribution is -2.40. The Morgan fingerprint density at radius 1 is 0.643 bits per heavy atom. The number of benzene rings is 2. The Hall–Kier alpha value is -2.12. The number of rotatable bonds is 1. The largest absolute Gasteiger partial charge is 0.507 e. The second kappa shape index (κ2) is 13.3. The number of aromatic hydroxyl groups is 2. The molecule has 2 aromatic rings. The van der Waals surface area contributed by atoms with Gasteiger partial charge in [-0.05, 0) is 39.3 Å². The number of hydrogen-bond donors (Lipinski definition) is 5. The molecule has 42 heavy (non-hydrogen) atoms. The van der Waals surface area contributed by atoms with Crippen molar-refractivity contribution in [2.45, 2.75) is 113 Å². The molecule has 0 aromatic heterocycles. The van der Waals surface area contributed by atoms with Crippen LogP contribution in [0, 0.1) is 10.8 Å². The zero-order valence-electron chi connectivity index (χ0n) is 28.5.